The highest BCUT2D eigenvalue weighted by Gasteiger charge is 2.78. The number of nitrogens with zero attached hydrogens (tertiary/aromatic N) is 6. The third-order valence-corrected chi connectivity index (χ3v) is 13.8. The molecule has 2 aliphatic carbocycles. The zero-order chi connectivity index (χ0) is 41.3. The Kier molecular flexibility index (Phi) is 6.93. The molecule has 0 spiro atoms. The van der Waals surface area contributed by atoms with E-state index in [9.17, 15) is 0 Å². The van der Waals surface area contributed by atoms with Crippen molar-refractivity contribution in [2.45, 2.75) is 17.4 Å². The zero-order valence-corrected chi connectivity index (χ0v) is 34.0. The van der Waals surface area contributed by atoms with Gasteiger partial charge in [0.25, 0.3) is 0 Å². The van der Waals surface area contributed by atoms with E-state index in [1.165, 1.54) is 44.0 Å². The number of rotatable bonds is 5. The van der Waals surface area contributed by atoms with Gasteiger partial charge in [-0.05, 0) is 58.5 Å². The zero-order valence-electron chi connectivity index (χ0n) is 34.0. The van der Waals surface area contributed by atoms with Gasteiger partial charge in [0, 0.05) is 44.1 Å². The van der Waals surface area contributed by atoms with Crippen LogP contribution in [0.15, 0.2) is 200 Å². The number of anilines is 2. The van der Waals surface area contributed by atoms with Gasteiger partial charge in [0.1, 0.15) is 22.4 Å². The van der Waals surface area contributed by atoms with E-state index in [2.05, 4.69) is 185 Å². The lowest BCUT2D eigenvalue weighted by Crippen LogP contribution is -2.34. The minimum atomic E-state index is -0.390. The Morgan fingerprint density at radius 2 is 1.06 bits per heavy atom. The first-order chi connectivity index (χ1) is 31.2. The molecule has 0 bridgehead atoms. The van der Waals surface area contributed by atoms with Crippen LogP contribution >= 0.6 is 0 Å². The fourth-order valence-electron chi connectivity index (χ4n) is 11.1. The van der Waals surface area contributed by atoms with Crippen LogP contribution in [0.25, 0.3) is 89.4 Å². The summed E-state index contributed by atoms with van der Waals surface area (Å²) < 4.78 is 2.32. The van der Waals surface area contributed by atoms with Crippen LogP contribution in [0.2, 0.25) is 0 Å². The number of hydrogen-bond acceptors (Lipinski definition) is 5. The molecule has 63 heavy (non-hydrogen) atoms. The largest absolute Gasteiger partial charge is 0.329 e. The normalized spacial score (nSPS) is 18.1. The molecule has 294 valence electrons. The van der Waals surface area contributed by atoms with E-state index in [-0.39, 0.29) is 5.41 Å². The summed E-state index contributed by atoms with van der Waals surface area (Å²) in [6.45, 7) is 0. The first-order valence-corrected chi connectivity index (χ1v) is 21.6. The van der Waals surface area contributed by atoms with Crippen molar-refractivity contribution < 1.29 is 0 Å². The number of benzene rings is 8. The van der Waals surface area contributed by atoms with Crippen LogP contribution in [0.3, 0.4) is 0 Å². The lowest BCUT2D eigenvalue weighted by molar-refractivity contribution is 0.654. The Hall–Kier alpha value is -8.22. The van der Waals surface area contributed by atoms with Gasteiger partial charge in [0.15, 0.2) is 5.82 Å². The third-order valence-electron chi connectivity index (χ3n) is 13.8. The molecule has 0 saturated heterocycles. The summed E-state index contributed by atoms with van der Waals surface area (Å²) in [5.74, 6) is 1.21. The van der Waals surface area contributed by atoms with Crippen molar-refractivity contribution in [1.82, 2.24) is 24.5 Å². The van der Waals surface area contributed by atoms with Crippen molar-refractivity contribution >= 4 is 60.9 Å². The predicted octanol–water partition coefficient (Wildman–Crippen LogP) is 13.4. The molecule has 1 aliphatic heterocycles. The van der Waals surface area contributed by atoms with Gasteiger partial charge >= 0.3 is 0 Å². The van der Waals surface area contributed by atoms with E-state index in [1.807, 2.05) is 30.3 Å². The van der Waals surface area contributed by atoms with Crippen molar-refractivity contribution in [3.05, 3.63) is 217 Å². The van der Waals surface area contributed by atoms with Gasteiger partial charge in [-0.2, -0.15) is 0 Å². The Morgan fingerprint density at radius 3 is 1.78 bits per heavy atom. The van der Waals surface area contributed by atoms with Gasteiger partial charge in [-0.1, -0.05) is 176 Å². The van der Waals surface area contributed by atoms with Crippen LogP contribution < -0.4 is 4.90 Å². The summed E-state index contributed by atoms with van der Waals surface area (Å²) in [5.41, 5.74) is 12.5. The molecule has 2 atom stereocenters. The summed E-state index contributed by atoms with van der Waals surface area (Å²) in [4.78, 5) is 24.5. The summed E-state index contributed by atoms with van der Waals surface area (Å²) in [6, 6.07) is 68.9. The SMILES string of the molecule is C1=CC23CC2(c2c1n(-c1nc(-c4ccccc4)c4nc(-c5ccccc5)nc(-c5ccccc5)c4n1)c1cc4ccccc4cc21)N(c1ccccc1)c1c3ccc2ccccc12. The maximum absolute atomic E-state index is 5.61. The molecule has 0 radical (unpaired) electrons. The van der Waals surface area contributed by atoms with Crippen LogP contribution in [0.1, 0.15) is 23.2 Å². The molecule has 4 heterocycles. The van der Waals surface area contributed by atoms with E-state index < -0.39 is 5.54 Å². The quantitative estimate of drug-likeness (QED) is 0.173. The van der Waals surface area contributed by atoms with Gasteiger partial charge in [0.05, 0.1) is 22.4 Å². The van der Waals surface area contributed by atoms with Crippen molar-refractivity contribution in [3.63, 3.8) is 0 Å². The Morgan fingerprint density at radius 1 is 0.476 bits per heavy atom. The molecule has 14 rings (SSSR count). The van der Waals surface area contributed by atoms with Crippen molar-refractivity contribution in [2.24, 2.45) is 0 Å². The van der Waals surface area contributed by atoms with E-state index >= 15 is 0 Å². The van der Waals surface area contributed by atoms with E-state index in [0.717, 1.165) is 51.1 Å². The van der Waals surface area contributed by atoms with Crippen LogP contribution in [0, 0.1) is 0 Å². The second kappa shape index (κ2) is 12.7. The minimum absolute atomic E-state index is 0.221. The molecule has 1 saturated carbocycles. The fourth-order valence-corrected chi connectivity index (χ4v) is 11.1. The molecular formula is C57H36N6. The Balaban J connectivity index is 1.11. The number of aromatic nitrogens is 5. The Bertz CT molecular complexity index is 3710. The lowest BCUT2D eigenvalue weighted by atomic mass is 9.84. The topological polar surface area (TPSA) is 59.7 Å². The standard InChI is InChI=1S/C57H36N6/c1-5-18-37(19-6-1)49-52-51(59-54(58-49)39-22-9-3-10-23-39)50(38-20-7-2-8-21-38)60-55(61-52)62-46-31-32-56-35-57(56,48(46)44-33-40-24-13-14-25-41(40)34-47(44)62)63(42-26-11-4-12-27-42)53-43-28-16-15-17-36(43)29-30-45(53)56/h1-34H,35H2. The van der Waals surface area contributed by atoms with Gasteiger partial charge in [0.2, 0.25) is 5.95 Å². The second-order valence-corrected chi connectivity index (χ2v) is 17.1. The van der Waals surface area contributed by atoms with Crippen LogP contribution in [0.5, 0.6) is 0 Å². The molecular weight excluding hydrogens is 769 g/mol. The van der Waals surface area contributed by atoms with Crippen molar-refractivity contribution in [2.75, 3.05) is 4.90 Å². The highest BCUT2D eigenvalue weighted by atomic mass is 15.3. The van der Waals surface area contributed by atoms with E-state index in [1.54, 1.807) is 0 Å². The molecule has 3 aromatic heterocycles. The molecule has 11 aromatic rings. The second-order valence-electron chi connectivity index (χ2n) is 17.1. The minimum Gasteiger partial charge on any atom is -0.329 e. The monoisotopic (exact) mass is 804 g/mol. The number of para-hydroxylation sites is 1. The van der Waals surface area contributed by atoms with E-state index in [4.69, 9.17) is 19.9 Å². The third kappa shape index (κ3) is 4.67. The van der Waals surface area contributed by atoms with Crippen LogP contribution in [-0.4, -0.2) is 24.5 Å². The molecule has 8 aromatic carbocycles. The summed E-state index contributed by atoms with van der Waals surface area (Å²) >= 11 is 0. The molecule has 0 N–H and O–H groups in total. The molecule has 6 heteroatoms. The smallest absolute Gasteiger partial charge is 0.235 e. The van der Waals surface area contributed by atoms with Gasteiger partial charge in [-0.25, -0.2) is 19.9 Å². The molecule has 3 aliphatic rings. The van der Waals surface area contributed by atoms with Gasteiger partial charge < -0.3 is 4.90 Å². The van der Waals surface area contributed by atoms with Gasteiger partial charge in [-0.15, -0.1) is 0 Å². The predicted molar refractivity (Wildman–Crippen MR) is 255 cm³/mol. The fraction of sp³-hybridized carbons (Fsp3) is 0.0526. The van der Waals surface area contributed by atoms with E-state index in [0.29, 0.717) is 22.8 Å². The van der Waals surface area contributed by atoms with Crippen LogP contribution in [0.4, 0.5) is 11.4 Å². The van der Waals surface area contributed by atoms with Crippen molar-refractivity contribution in [1.29, 1.82) is 0 Å². The highest BCUT2D eigenvalue weighted by Crippen LogP contribution is 2.79. The maximum Gasteiger partial charge on any atom is 0.235 e. The van der Waals surface area contributed by atoms with Crippen molar-refractivity contribution in [3.8, 4) is 39.9 Å². The number of hydrogen-bond donors (Lipinski definition) is 0. The average Bonchev–Trinajstić information content (AvgIpc) is 3.84. The number of fused-ring (bicyclic) bond motifs is 8. The molecule has 6 nitrogen and oxygen atoms in total. The molecule has 0 amide bonds. The molecule has 1 fully saturated rings. The van der Waals surface area contributed by atoms with Crippen LogP contribution in [-0.2, 0) is 11.0 Å². The summed E-state index contributed by atoms with van der Waals surface area (Å²) in [7, 11) is 0. The summed E-state index contributed by atoms with van der Waals surface area (Å²) in [6.07, 6.45) is 5.81. The van der Waals surface area contributed by atoms with Gasteiger partial charge in [-0.3, -0.25) is 4.57 Å². The Labute approximate surface area is 363 Å². The first kappa shape index (κ1) is 34.5. The maximum atomic E-state index is 5.61. The lowest BCUT2D eigenvalue weighted by Gasteiger charge is -2.34. The first-order valence-electron chi connectivity index (χ1n) is 21.6. The summed E-state index contributed by atoms with van der Waals surface area (Å²) in [5, 5.41) is 6.08. The average molecular weight is 805 g/mol. The highest BCUT2D eigenvalue weighted by molar-refractivity contribution is 6.09. The molecule has 2 unspecified atom stereocenters.